The minimum Gasteiger partial charge on any atom is -0.372 e. The Morgan fingerprint density at radius 1 is 1.37 bits per heavy atom. The molecule has 106 valence electrons. The summed E-state index contributed by atoms with van der Waals surface area (Å²) in [7, 11) is 3.84. The Kier molecular flexibility index (Phi) is 6.21. The Bertz CT molecular complexity index is 391. The molecule has 1 aromatic heterocycles. The van der Waals surface area contributed by atoms with E-state index in [9.17, 15) is 4.79 Å². The fraction of sp³-hybridized carbons (Fsp3) is 0.615. The molecule has 0 atom stereocenters. The van der Waals surface area contributed by atoms with Gasteiger partial charge in [0, 0.05) is 19.6 Å². The van der Waals surface area contributed by atoms with Crippen LogP contribution in [0.4, 0.5) is 5.82 Å². The summed E-state index contributed by atoms with van der Waals surface area (Å²) < 4.78 is 0. The second-order valence-electron chi connectivity index (χ2n) is 4.74. The summed E-state index contributed by atoms with van der Waals surface area (Å²) in [6.07, 6.45) is 0.919. The van der Waals surface area contributed by atoms with Crippen LogP contribution in [-0.2, 0) is 0 Å². The third-order valence-electron chi connectivity index (χ3n) is 3.01. The Hall–Kier alpha value is -1.69. The van der Waals surface area contributed by atoms with Gasteiger partial charge in [-0.1, -0.05) is 0 Å². The normalized spacial score (nSPS) is 10.8. The Balaban J connectivity index is 2.31. The van der Waals surface area contributed by atoms with Crippen LogP contribution in [0.15, 0.2) is 12.1 Å². The highest BCUT2D eigenvalue weighted by molar-refractivity contribution is 5.92. The molecule has 1 heterocycles. The predicted molar refractivity (Wildman–Crippen MR) is 76.3 cm³/mol. The minimum absolute atomic E-state index is 0.178. The van der Waals surface area contributed by atoms with E-state index in [-0.39, 0.29) is 5.91 Å². The van der Waals surface area contributed by atoms with Gasteiger partial charge in [0.25, 0.3) is 5.91 Å². The van der Waals surface area contributed by atoms with Crippen LogP contribution in [0, 0.1) is 0 Å². The standard InChI is InChI=1S/C13H23N5O/c1-10(2)18(4)9-5-8-15-13(19)11-6-7-12(14-3)17-16-11/h6-7,10H,5,8-9H2,1-4H3,(H,14,17)(H,15,19). The van der Waals surface area contributed by atoms with Gasteiger partial charge in [-0.3, -0.25) is 4.79 Å². The third-order valence-corrected chi connectivity index (χ3v) is 3.01. The molecule has 0 saturated carbocycles. The highest BCUT2D eigenvalue weighted by Crippen LogP contribution is 2.00. The van der Waals surface area contributed by atoms with Crippen molar-refractivity contribution in [1.82, 2.24) is 20.4 Å². The average molecular weight is 265 g/mol. The Morgan fingerprint density at radius 3 is 2.63 bits per heavy atom. The Labute approximate surface area is 114 Å². The molecule has 19 heavy (non-hydrogen) atoms. The molecule has 1 rings (SSSR count). The number of hydrogen-bond acceptors (Lipinski definition) is 5. The van der Waals surface area contributed by atoms with Crippen LogP contribution in [0.1, 0.15) is 30.8 Å². The summed E-state index contributed by atoms with van der Waals surface area (Å²) in [6.45, 7) is 5.91. The predicted octanol–water partition coefficient (Wildman–Crippen LogP) is 0.978. The van der Waals surface area contributed by atoms with Gasteiger partial charge >= 0.3 is 0 Å². The van der Waals surface area contributed by atoms with Gasteiger partial charge in [0.15, 0.2) is 5.69 Å². The first-order valence-corrected chi connectivity index (χ1v) is 6.54. The molecule has 6 nitrogen and oxygen atoms in total. The molecule has 0 aliphatic carbocycles. The number of anilines is 1. The van der Waals surface area contributed by atoms with Gasteiger partial charge < -0.3 is 15.5 Å². The SMILES string of the molecule is CNc1ccc(C(=O)NCCCN(C)C(C)C)nn1. The molecule has 0 aliphatic rings. The number of nitrogens with one attached hydrogen (secondary N) is 2. The van der Waals surface area contributed by atoms with Gasteiger partial charge in [-0.15, -0.1) is 10.2 Å². The molecular formula is C13H23N5O. The molecule has 6 heteroatoms. The van der Waals surface area contributed by atoms with E-state index in [0.29, 0.717) is 24.1 Å². The highest BCUT2D eigenvalue weighted by atomic mass is 16.1. The van der Waals surface area contributed by atoms with Crippen LogP contribution < -0.4 is 10.6 Å². The molecule has 0 aliphatic heterocycles. The maximum Gasteiger partial charge on any atom is 0.271 e. The van der Waals surface area contributed by atoms with Crippen molar-refractivity contribution in [2.75, 3.05) is 32.5 Å². The van der Waals surface area contributed by atoms with E-state index in [0.717, 1.165) is 13.0 Å². The zero-order valence-corrected chi connectivity index (χ0v) is 12.1. The molecule has 1 amide bonds. The molecule has 0 radical (unpaired) electrons. The van der Waals surface area contributed by atoms with Crippen LogP contribution >= 0.6 is 0 Å². The summed E-state index contributed by atoms with van der Waals surface area (Å²) in [5.41, 5.74) is 0.344. The maximum absolute atomic E-state index is 11.8. The van der Waals surface area contributed by atoms with Crippen molar-refractivity contribution in [3.8, 4) is 0 Å². The van der Waals surface area contributed by atoms with Crippen molar-refractivity contribution < 1.29 is 4.79 Å². The molecule has 1 aromatic rings. The molecule has 0 spiro atoms. The minimum atomic E-state index is -0.178. The number of rotatable bonds is 7. The summed E-state index contributed by atoms with van der Waals surface area (Å²) in [5.74, 6) is 0.470. The molecule has 0 bridgehead atoms. The van der Waals surface area contributed by atoms with Gasteiger partial charge in [0.2, 0.25) is 0 Å². The Morgan fingerprint density at radius 2 is 2.11 bits per heavy atom. The lowest BCUT2D eigenvalue weighted by Gasteiger charge is -2.20. The van der Waals surface area contributed by atoms with E-state index in [2.05, 4.69) is 46.6 Å². The van der Waals surface area contributed by atoms with Crippen molar-refractivity contribution in [2.45, 2.75) is 26.3 Å². The van der Waals surface area contributed by atoms with E-state index in [1.807, 2.05) is 0 Å². The molecular weight excluding hydrogens is 242 g/mol. The largest absolute Gasteiger partial charge is 0.372 e. The number of carbonyl (C=O) groups is 1. The average Bonchev–Trinajstić information content (AvgIpc) is 2.43. The topological polar surface area (TPSA) is 70.2 Å². The molecule has 0 unspecified atom stereocenters. The highest BCUT2D eigenvalue weighted by Gasteiger charge is 2.08. The van der Waals surface area contributed by atoms with Crippen LogP contribution in [0.25, 0.3) is 0 Å². The lowest BCUT2D eigenvalue weighted by molar-refractivity contribution is 0.0945. The second kappa shape index (κ2) is 7.68. The van der Waals surface area contributed by atoms with E-state index in [4.69, 9.17) is 0 Å². The fourth-order valence-electron chi connectivity index (χ4n) is 1.47. The summed E-state index contributed by atoms with van der Waals surface area (Å²) in [4.78, 5) is 14.0. The van der Waals surface area contributed by atoms with E-state index in [1.54, 1.807) is 19.2 Å². The van der Waals surface area contributed by atoms with Gasteiger partial charge in [0.05, 0.1) is 0 Å². The van der Waals surface area contributed by atoms with Crippen molar-refractivity contribution in [3.63, 3.8) is 0 Å². The fourth-order valence-corrected chi connectivity index (χ4v) is 1.47. The number of aromatic nitrogens is 2. The first kappa shape index (κ1) is 15.4. The van der Waals surface area contributed by atoms with Crippen molar-refractivity contribution >= 4 is 11.7 Å². The summed E-state index contributed by atoms with van der Waals surface area (Å²) in [6, 6.07) is 3.92. The van der Waals surface area contributed by atoms with Crippen molar-refractivity contribution in [3.05, 3.63) is 17.8 Å². The van der Waals surface area contributed by atoms with E-state index >= 15 is 0 Å². The first-order valence-electron chi connectivity index (χ1n) is 6.54. The monoisotopic (exact) mass is 265 g/mol. The van der Waals surface area contributed by atoms with E-state index < -0.39 is 0 Å². The number of carbonyl (C=O) groups excluding carboxylic acids is 1. The molecule has 0 saturated heterocycles. The number of amides is 1. The molecule has 0 fully saturated rings. The van der Waals surface area contributed by atoms with Crippen LogP contribution in [0.2, 0.25) is 0 Å². The van der Waals surface area contributed by atoms with Gasteiger partial charge in [-0.25, -0.2) is 0 Å². The summed E-state index contributed by atoms with van der Waals surface area (Å²) >= 11 is 0. The van der Waals surface area contributed by atoms with E-state index in [1.165, 1.54) is 0 Å². The smallest absolute Gasteiger partial charge is 0.271 e. The quantitative estimate of drug-likeness (QED) is 0.719. The van der Waals surface area contributed by atoms with Crippen molar-refractivity contribution in [1.29, 1.82) is 0 Å². The zero-order chi connectivity index (χ0) is 14.3. The van der Waals surface area contributed by atoms with Crippen LogP contribution in [-0.4, -0.2) is 54.2 Å². The number of hydrogen-bond donors (Lipinski definition) is 2. The lowest BCUT2D eigenvalue weighted by atomic mass is 10.3. The second-order valence-corrected chi connectivity index (χ2v) is 4.74. The maximum atomic E-state index is 11.8. The van der Waals surface area contributed by atoms with Gasteiger partial charge in [-0.2, -0.15) is 0 Å². The first-order chi connectivity index (χ1) is 9.04. The van der Waals surface area contributed by atoms with Crippen LogP contribution in [0.3, 0.4) is 0 Å². The van der Waals surface area contributed by atoms with Gasteiger partial charge in [-0.05, 0) is 46.0 Å². The van der Waals surface area contributed by atoms with Gasteiger partial charge in [0.1, 0.15) is 5.82 Å². The number of nitrogens with zero attached hydrogens (tertiary/aromatic N) is 3. The summed E-state index contributed by atoms with van der Waals surface area (Å²) in [5, 5.41) is 13.4. The van der Waals surface area contributed by atoms with Crippen LogP contribution in [0.5, 0.6) is 0 Å². The van der Waals surface area contributed by atoms with Crippen molar-refractivity contribution in [2.24, 2.45) is 0 Å². The lowest BCUT2D eigenvalue weighted by Crippen LogP contribution is -2.31. The molecule has 2 N–H and O–H groups in total. The molecule has 0 aromatic carbocycles. The third kappa shape index (κ3) is 5.21. The zero-order valence-electron chi connectivity index (χ0n) is 12.1.